The molecule has 0 saturated heterocycles. The van der Waals surface area contributed by atoms with Crippen LogP contribution in [0.15, 0.2) is 83.9 Å². The topological polar surface area (TPSA) is 73.2 Å². The maximum Gasteiger partial charge on any atom is 0.268 e. The SMILES string of the molecule is CC1CCCc2c1ccc1c2C(=O)C(=O)c2c(-c3ccccc3)cn(S(=O)(=O)c3ccccc3)c2-1. The Morgan fingerprint density at radius 3 is 2.17 bits per heavy atom. The minimum absolute atomic E-state index is 0.120. The standard InChI is InChI=1S/C29H23NO4S/c1-18-9-8-14-22-21(18)15-16-23-25(22)28(31)29(32)26-24(19-10-4-2-5-11-19)17-30(27(23)26)35(33,34)20-12-6-3-7-13-20/h2-7,10-13,15-18H,8-9,14H2,1H3. The molecule has 2 aliphatic carbocycles. The fourth-order valence-electron chi connectivity index (χ4n) is 5.52. The number of benzene rings is 3. The Bertz CT molecular complexity index is 1620. The molecule has 0 N–H and O–H groups in total. The molecule has 1 heterocycles. The number of Topliss-reactive ketones (excluding diaryl/α,β-unsaturated/α-hetero) is 2. The van der Waals surface area contributed by atoms with Crippen LogP contribution < -0.4 is 0 Å². The Hall–Kier alpha value is -3.77. The first-order chi connectivity index (χ1) is 16.9. The van der Waals surface area contributed by atoms with Crippen LogP contribution in [0.2, 0.25) is 0 Å². The quantitative estimate of drug-likeness (QED) is 0.343. The minimum Gasteiger partial charge on any atom is -0.285 e. The molecule has 0 radical (unpaired) electrons. The van der Waals surface area contributed by atoms with Crippen molar-refractivity contribution in [2.24, 2.45) is 0 Å². The summed E-state index contributed by atoms with van der Waals surface area (Å²) in [7, 11) is -4.03. The summed E-state index contributed by atoms with van der Waals surface area (Å²) in [4.78, 5) is 27.3. The molecule has 0 bridgehead atoms. The molecule has 3 aromatic carbocycles. The van der Waals surface area contributed by atoms with Crippen molar-refractivity contribution >= 4 is 21.6 Å². The molecule has 6 heteroatoms. The van der Waals surface area contributed by atoms with Crippen LogP contribution in [0.5, 0.6) is 0 Å². The summed E-state index contributed by atoms with van der Waals surface area (Å²) in [5, 5.41) is 0. The third-order valence-electron chi connectivity index (χ3n) is 7.22. The number of nitrogens with zero attached hydrogens (tertiary/aromatic N) is 1. The molecular formula is C29H23NO4S. The van der Waals surface area contributed by atoms with Gasteiger partial charge in [0, 0.05) is 22.9 Å². The van der Waals surface area contributed by atoms with Crippen molar-refractivity contribution < 1.29 is 18.0 Å². The number of rotatable bonds is 3. The van der Waals surface area contributed by atoms with E-state index < -0.39 is 21.6 Å². The van der Waals surface area contributed by atoms with Crippen LogP contribution in [0.3, 0.4) is 0 Å². The first-order valence-corrected chi connectivity index (χ1v) is 13.2. The summed E-state index contributed by atoms with van der Waals surface area (Å²) in [6.45, 7) is 2.13. The van der Waals surface area contributed by atoms with E-state index in [9.17, 15) is 18.0 Å². The lowest BCUT2D eigenvalue weighted by Gasteiger charge is -2.28. The summed E-state index contributed by atoms with van der Waals surface area (Å²) in [5.74, 6) is -0.918. The van der Waals surface area contributed by atoms with Crippen LogP contribution in [0, 0.1) is 0 Å². The zero-order valence-corrected chi connectivity index (χ0v) is 20.0. The van der Waals surface area contributed by atoms with E-state index >= 15 is 0 Å². The molecular weight excluding hydrogens is 458 g/mol. The number of hydrogen-bond donors (Lipinski definition) is 0. The first-order valence-electron chi connectivity index (χ1n) is 11.8. The van der Waals surface area contributed by atoms with Gasteiger partial charge in [-0.25, -0.2) is 12.4 Å². The smallest absolute Gasteiger partial charge is 0.268 e. The number of aromatic nitrogens is 1. The highest BCUT2D eigenvalue weighted by atomic mass is 32.2. The van der Waals surface area contributed by atoms with E-state index in [1.807, 2.05) is 42.5 Å². The van der Waals surface area contributed by atoms with Gasteiger partial charge in [0.1, 0.15) is 0 Å². The fraction of sp³-hybridized carbons (Fsp3) is 0.172. The van der Waals surface area contributed by atoms with Crippen LogP contribution in [-0.4, -0.2) is 24.0 Å². The maximum atomic E-state index is 13.9. The summed E-state index contributed by atoms with van der Waals surface area (Å²) in [6.07, 6.45) is 4.15. The monoisotopic (exact) mass is 481 g/mol. The second kappa shape index (κ2) is 7.89. The van der Waals surface area contributed by atoms with E-state index in [0.29, 0.717) is 28.7 Å². The summed E-state index contributed by atoms with van der Waals surface area (Å²) in [6, 6.07) is 21.1. The maximum absolute atomic E-state index is 13.9. The van der Waals surface area contributed by atoms with Crippen LogP contribution in [0.1, 0.15) is 57.5 Å². The van der Waals surface area contributed by atoms with Gasteiger partial charge in [-0.1, -0.05) is 67.6 Å². The number of carbonyl (C=O) groups excluding carboxylic acids is 2. The third-order valence-corrected chi connectivity index (χ3v) is 8.89. The predicted octanol–water partition coefficient (Wildman–Crippen LogP) is 5.88. The van der Waals surface area contributed by atoms with Gasteiger partial charge in [0.25, 0.3) is 10.0 Å². The molecule has 5 nitrogen and oxygen atoms in total. The molecule has 1 atom stereocenters. The molecule has 0 saturated carbocycles. The van der Waals surface area contributed by atoms with Gasteiger partial charge in [0.2, 0.25) is 11.6 Å². The Kier molecular flexibility index (Phi) is 4.90. The molecule has 2 aliphatic rings. The van der Waals surface area contributed by atoms with Gasteiger partial charge in [-0.3, -0.25) is 9.59 Å². The van der Waals surface area contributed by atoms with Crippen molar-refractivity contribution in [3.05, 3.63) is 101 Å². The Labute approximate surface area is 204 Å². The van der Waals surface area contributed by atoms with Crippen molar-refractivity contribution in [2.75, 3.05) is 0 Å². The first kappa shape index (κ1) is 21.7. The predicted molar refractivity (Wildman–Crippen MR) is 134 cm³/mol. The Morgan fingerprint density at radius 1 is 0.800 bits per heavy atom. The highest BCUT2D eigenvalue weighted by molar-refractivity contribution is 7.90. The van der Waals surface area contributed by atoms with Gasteiger partial charge >= 0.3 is 0 Å². The lowest BCUT2D eigenvalue weighted by Crippen LogP contribution is -2.26. The van der Waals surface area contributed by atoms with E-state index in [-0.39, 0.29) is 22.1 Å². The van der Waals surface area contributed by atoms with Crippen molar-refractivity contribution in [1.29, 1.82) is 0 Å². The highest BCUT2D eigenvalue weighted by Crippen LogP contribution is 2.45. The number of ketones is 2. The third kappa shape index (κ3) is 3.17. The lowest BCUT2D eigenvalue weighted by atomic mass is 9.75. The fourth-order valence-corrected chi connectivity index (χ4v) is 6.92. The van der Waals surface area contributed by atoms with Crippen LogP contribution in [0.4, 0.5) is 0 Å². The molecule has 0 aliphatic heterocycles. The molecule has 1 aromatic heterocycles. The molecule has 174 valence electrons. The minimum atomic E-state index is -4.03. The summed E-state index contributed by atoms with van der Waals surface area (Å²) < 4.78 is 28.9. The largest absolute Gasteiger partial charge is 0.285 e. The van der Waals surface area contributed by atoms with E-state index in [1.165, 1.54) is 22.3 Å². The van der Waals surface area contributed by atoms with Crippen molar-refractivity contribution in [1.82, 2.24) is 3.97 Å². The molecule has 1 unspecified atom stereocenters. The van der Waals surface area contributed by atoms with Crippen LogP contribution >= 0.6 is 0 Å². The second-order valence-corrected chi connectivity index (χ2v) is 11.1. The number of fused-ring (bicyclic) bond motifs is 5. The number of hydrogen-bond acceptors (Lipinski definition) is 4. The average molecular weight is 482 g/mol. The van der Waals surface area contributed by atoms with E-state index in [1.54, 1.807) is 18.2 Å². The summed E-state index contributed by atoms with van der Waals surface area (Å²) in [5.41, 5.74) is 4.39. The number of carbonyl (C=O) groups is 2. The van der Waals surface area contributed by atoms with E-state index in [0.717, 1.165) is 24.0 Å². The van der Waals surface area contributed by atoms with Gasteiger partial charge in [0.05, 0.1) is 16.2 Å². The zero-order valence-electron chi connectivity index (χ0n) is 19.2. The van der Waals surface area contributed by atoms with Gasteiger partial charge in [-0.2, -0.15) is 0 Å². The summed E-state index contributed by atoms with van der Waals surface area (Å²) >= 11 is 0. The van der Waals surface area contributed by atoms with Crippen molar-refractivity contribution in [3.8, 4) is 22.4 Å². The molecule has 0 amide bonds. The van der Waals surface area contributed by atoms with Crippen LogP contribution in [0.25, 0.3) is 22.4 Å². The van der Waals surface area contributed by atoms with Gasteiger partial charge in [0.15, 0.2) is 0 Å². The molecule has 4 aromatic rings. The van der Waals surface area contributed by atoms with Gasteiger partial charge < -0.3 is 0 Å². The molecule has 6 rings (SSSR count). The van der Waals surface area contributed by atoms with Crippen molar-refractivity contribution in [2.45, 2.75) is 37.0 Å². The van der Waals surface area contributed by atoms with E-state index in [4.69, 9.17) is 0 Å². The van der Waals surface area contributed by atoms with Gasteiger partial charge in [-0.05, 0) is 54.0 Å². The highest BCUT2D eigenvalue weighted by Gasteiger charge is 2.40. The second-order valence-electron chi connectivity index (χ2n) is 9.25. The Balaban J connectivity index is 1.72. The normalized spacial score (nSPS) is 17.0. The van der Waals surface area contributed by atoms with Crippen LogP contribution in [-0.2, 0) is 16.4 Å². The molecule has 35 heavy (non-hydrogen) atoms. The van der Waals surface area contributed by atoms with Crippen molar-refractivity contribution in [3.63, 3.8) is 0 Å². The molecule has 0 fully saturated rings. The zero-order chi connectivity index (χ0) is 24.3. The average Bonchev–Trinajstić information content (AvgIpc) is 3.30. The molecule has 0 spiro atoms. The lowest BCUT2D eigenvalue weighted by molar-refractivity contribution is 0.0815. The van der Waals surface area contributed by atoms with E-state index in [2.05, 4.69) is 6.92 Å². The van der Waals surface area contributed by atoms with Gasteiger partial charge in [-0.15, -0.1) is 0 Å². The Morgan fingerprint density at radius 2 is 1.46 bits per heavy atom.